The van der Waals surface area contributed by atoms with Gasteiger partial charge in [0.1, 0.15) is 6.10 Å². The van der Waals surface area contributed by atoms with Gasteiger partial charge in [-0.25, -0.2) is 0 Å². The van der Waals surface area contributed by atoms with Crippen LogP contribution in [0.3, 0.4) is 0 Å². The Morgan fingerprint density at radius 2 is 1.86 bits per heavy atom. The van der Waals surface area contributed by atoms with Crippen molar-refractivity contribution in [1.82, 2.24) is 0 Å². The Labute approximate surface area is 128 Å². The van der Waals surface area contributed by atoms with Crippen molar-refractivity contribution in [2.75, 3.05) is 0 Å². The van der Waals surface area contributed by atoms with Gasteiger partial charge in [-0.1, -0.05) is 37.3 Å². The van der Waals surface area contributed by atoms with Crippen LogP contribution in [-0.4, -0.2) is 5.11 Å². The molecule has 1 unspecified atom stereocenters. The van der Waals surface area contributed by atoms with Crippen LogP contribution in [-0.2, 0) is 19.3 Å². The SMILES string of the molecule is CCc1ccc(C(O)c2ccc3c4c(cccc24)CC3)s1. The zero-order chi connectivity index (χ0) is 14.4. The van der Waals surface area contributed by atoms with Gasteiger partial charge in [-0.05, 0) is 58.9 Å². The molecular formula is C19H18OS. The van der Waals surface area contributed by atoms with Gasteiger partial charge in [-0.3, -0.25) is 0 Å². The molecule has 1 N–H and O–H groups in total. The molecule has 1 aromatic heterocycles. The molecule has 4 rings (SSSR count). The summed E-state index contributed by atoms with van der Waals surface area (Å²) in [7, 11) is 0. The lowest BCUT2D eigenvalue weighted by Gasteiger charge is -2.14. The van der Waals surface area contributed by atoms with Crippen LogP contribution in [0.1, 0.15) is 39.5 Å². The largest absolute Gasteiger partial charge is 0.383 e. The zero-order valence-electron chi connectivity index (χ0n) is 12.1. The average Bonchev–Trinajstić information content (AvgIpc) is 3.15. The van der Waals surface area contributed by atoms with Crippen LogP contribution in [0.4, 0.5) is 0 Å². The summed E-state index contributed by atoms with van der Waals surface area (Å²) in [4.78, 5) is 2.38. The Hall–Kier alpha value is -1.64. The summed E-state index contributed by atoms with van der Waals surface area (Å²) in [6.07, 6.45) is 2.78. The number of aliphatic hydroxyl groups is 1. The highest BCUT2D eigenvalue weighted by Crippen LogP contribution is 2.38. The molecule has 1 nitrogen and oxygen atoms in total. The van der Waals surface area contributed by atoms with Crippen LogP contribution in [0, 0.1) is 0 Å². The molecule has 1 atom stereocenters. The van der Waals surface area contributed by atoms with E-state index >= 15 is 0 Å². The first-order valence-corrected chi connectivity index (χ1v) is 8.39. The minimum absolute atomic E-state index is 0.514. The van der Waals surface area contributed by atoms with Gasteiger partial charge >= 0.3 is 0 Å². The monoisotopic (exact) mass is 294 g/mol. The number of hydrogen-bond donors (Lipinski definition) is 1. The van der Waals surface area contributed by atoms with E-state index < -0.39 is 6.10 Å². The molecule has 0 saturated heterocycles. The summed E-state index contributed by atoms with van der Waals surface area (Å²) in [6, 6.07) is 15.0. The molecular weight excluding hydrogens is 276 g/mol. The number of rotatable bonds is 3. The molecule has 0 radical (unpaired) electrons. The van der Waals surface area contributed by atoms with E-state index in [1.54, 1.807) is 11.3 Å². The number of thiophene rings is 1. The highest BCUT2D eigenvalue weighted by molar-refractivity contribution is 7.12. The van der Waals surface area contributed by atoms with Crippen molar-refractivity contribution >= 4 is 22.1 Å². The molecule has 1 heterocycles. The molecule has 2 heteroatoms. The van der Waals surface area contributed by atoms with E-state index in [1.165, 1.54) is 26.8 Å². The lowest BCUT2D eigenvalue weighted by atomic mass is 9.96. The second-order valence-corrected chi connectivity index (χ2v) is 6.91. The van der Waals surface area contributed by atoms with E-state index in [0.29, 0.717) is 0 Å². The average molecular weight is 294 g/mol. The molecule has 0 amide bonds. The fraction of sp³-hybridized carbons (Fsp3) is 0.263. The quantitative estimate of drug-likeness (QED) is 0.746. The Morgan fingerprint density at radius 1 is 1.05 bits per heavy atom. The summed E-state index contributed by atoms with van der Waals surface area (Å²) in [5.74, 6) is 0. The predicted octanol–water partition coefficient (Wildman–Crippen LogP) is 4.64. The van der Waals surface area contributed by atoms with Crippen molar-refractivity contribution in [2.45, 2.75) is 32.3 Å². The Morgan fingerprint density at radius 3 is 2.62 bits per heavy atom. The van der Waals surface area contributed by atoms with E-state index in [4.69, 9.17) is 0 Å². The third-order valence-electron chi connectivity index (χ3n) is 4.51. The van der Waals surface area contributed by atoms with Gasteiger partial charge in [0.15, 0.2) is 0 Å². The minimum atomic E-state index is -0.514. The molecule has 0 spiro atoms. The topological polar surface area (TPSA) is 20.2 Å². The van der Waals surface area contributed by atoms with Crippen LogP contribution < -0.4 is 0 Å². The van der Waals surface area contributed by atoms with Gasteiger partial charge in [0.25, 0.3) is 0 Å². The summed E-state index contributed by atoms with van der Waals surface area (Å²) in [6.45, 7) is 2.15. The van der Waals surface area contributed by atoms with Crippen molar-refractivity contribution in [3.8, 4) is 0 Å². The third-order valence-corrected chi connectivity index (χ3v) is 5.79. The summed E-state index contributed by atoms with van der Waals surface area (Å²) >= 11 is 1.72. The highest BCUT2D eigenvalue weighted by atomic mass is 32.1. The van der Waals surface area contributed by atoms with Gasteiger partial charge in [-0.2, -0.15) is 0 Å². The summed E-state index contributed by atoms with van der Waals surface area (Å²) < 4.78 is 0. The Bertz CT molecular complexity index is 805. The summed E-state index contributed by atoms with van der Waals surface area (Å²) in [5.41, 5.74) is 3.90. The van der Waals surface area contributed by atoms with E-state index in [2.05, 4.69) is 49.4 Å². The van der Waals surface area contributed by atoms with E-state index in [-0.39, 0.29) is 0 Å². The van der Waals surface area contributed by atoms with Crippen molar-refractivity contribution in [1.29, 1.82) is 0 Å². The first-order valence-electron chi connectivity index (χ1n) is 7.58. The maximum absolute atomic E-state index is 10.8. The first kappa shape index (κ1) is 13.1. The number of aliphatic hydroxyl groups excluding tert-OH is 1. The fourth-order valence-electron chi connectivity index (χ4n) is 3.39. The number of aryl methyl sites for hydroxylation is 3. The highest BCUT2D eigenvalue weighted by Gasteiger charge is 2.20. The maximum Gasteiger partial charge on any atom is 0.114 e. The van der Waals surface area contributed by atoms with Gasteiger partial charge in [0.2, 0.25) is 0 Å². The van der Waals surface area contributed by atoms with Crippen molar-refractivity contribution in [2.24, 2.45) is 0 Å². The molecule has 2 aromatic carbocycles. The zero-order valence-corrected chi connectivity index (χ0v) is 12.9. The smallest absolute Gasteiger partial charge is 0.114 e. The van der Waals surface area contributed by atoms with Crippen molar-refractivity contribution in [3.05, 3.63) is 68.9 Å². The van der Waals surface area contributed by atoms with E-state index in [0.717, 1.165) is 29.7 Å². The van der Waals surface area contributed by atoms with E-state index in [1.807, 2.05) is 0 Å². The van der Waals surface area contributed by atoms with Gasteiger partial charge in [-0.15, -0.1) is 11.3 Å². The van der Waals surface area contributed by atoms with Gasteiger partial charge in [0, 0.05) is 9.75 Å². The first-order chi connectivity index (χ1) is 10.3. The van der Waals surface area contributed by atoms with Gasteiger partial charge in [0.05, 0.1) is 0 Å². The minimum Gasteiger partial charge on any atom is -0.383 e. The fourth-order valence-corrected chi connectivity index (χ4v) is 4.35. The van der Waals surface area contributed by atoms with Crippen LogP contribution in [0.15, 0.2) is 42.5 Å². The normalized spacial score (nSPS) is 14.8. The van der Waals surface area contributed by atoms with Gasteiger partial charge < -0.3 is 5.11 Å². The number of benzene rings is 2. The second-order valence-electron chi connectivity index (χ2n) is 5.71. The summed E-state index contributed by atoms with van der Waals surface area (Å²) in [5, 5.41) is 13.4. The second kappa shape index (κ2) is 4.97. The Balaban J connectivity index is 1.87. The molecule has 21 heavy (non-hydrogen) atoms. The lowest BCUT2D eigenvalue weighted by molar-refractivity contribution is 0.226. The van der Waals surface area contributed by atoms with Crippen LogP contribution in [0.5, 0.6) is 0 Å². The molecule has 0 aliphatic heterocycles. The van der Waals surface area contributed by atoms with Crippen molar-refractivity contribution in [3.63, 3.8) is 0 Å². The molecule has 1 aliphatic carbocycles. The Kier molecular flexibility index (Phi) is 3.09. The molecule has 0 bridgehead atoms. The molecule has 0 fully saturated rings. The number of hydrogen-bond acceptors (Lipinski definition) is 2. The molecule has 106 valence electrons. The standard InChI is InChI=1S/C19H18OS/c1-2-14-9-11-17(21-14)19(20)16-10-8-13-7-6-12-4-3-5-15(16)18(12)13/h3-5,8-11,19-20H,2,6-7H2,1H3. The molecule has 1 aliphatic rings. The van der Waals surface area contributed by atoms with E-state index in [9.17, 15) is 5.11 Å². The van der Waals surface area contributed by atoms with Crippen LogP contribution in [0.25, 0.3) is 10.8 Å². The third kappa shape index (κ3) is 2.02. The predicted molar refractivity (Wildman–Crippen MR) is 89.1 cm³/mol. The van der Waals surface area contributed by atoms with Crippen molar-refractivity contribution < 1.29 is 5.11 Å². The molecule has 0 saturated carbocycles. The maximum atomic E-state index is 10.8. The van der Waals surface area contributed by atoms with Crippen LogP contribution in [0.2, 0.25) is 0 Å². The van der Waals surface area contributed by atoms with Crippen LogP contribution >= 0.6 is 11.3 Å². The lowest BCUT2D eigenvalue weighted by Crippen LogP contribution is -1.99. The molecule has 3 aromatic rings.